The van der Waals surface area contributed by atoms with Crippen LogP contribution in [0.1, 0.15) is 12.5 Å². The van der Waals surface area contributed by atoms with E-state index in [4.69, 9.17) is 21.1 Å². The highest BCUT2D eigenvalue weighted by Gasteiger charge is 2.19. The molecule has 0 spiro atoms. The molecule has 0 unspecified atom stereocenters. The number of hydrogen-bond donors (Lipinski definition) is 3. The predicted molar refractivity (Wildman–Crippen MR) is 105 cm³/mol. The summed E-state index contributed by atoms with van der Waals surface area (Å²) < 4.78 is 10.4. The summed E-state index contributed by atoms with van der Waals surface area (Å²) in [4.78, 5) is 40.7. The highest BCUT2D eigenvalue weighted by atomic mass is 35.5. The van der Waals surface area contributed by atoms with Crippen LogP contribution in [0.15, 0.2) is 41.2 Å². The Morgan fingerprint density at radius 1 is 1.14 bits per heavy atom. The van der Waals surface area contributed by atoms with Crippen LogP contribution in [0.25, 0.3) is 11.0 Å². The molecule has 1 heterocycles. The summed E-state index contributed by atoms with van der Waals surface area (Å²) in [6.45, 7) is 2.94. The standard InChI is InChI=1S/C19H18ClN3O5/c1-10-3-5-13(20)16(7-10)27-9-17(24)28-11(2)18(25)21-12-4-6-14-15(8-12)23-19(26)22-14/h3-8,11H,9H2,1-2H3,(H,21,25)(H2,22,23,26)/t11-/m1/s1. The Morgan fingerprint density at radius 3 is 2.68 bits per heavy atom. The fraction of sp³-hybridized carbons (Fsp3) is 0.211. The average Bonchev–Trinajstić information content (AvgIpc) is 3.01. The summed E-state index contributed by atoms with van der Waals surface area (Å²) >= 11 is 6.00. The predicted octanol–water partition coefficient (Wildman–Crippen LogP) is 2.77. The van der Waals surface area contributed by atoms with Crippen molar-refractivity contribution < 1.29 is 19.1 Å². The molecule has 0 saturated carbocycles. The number of anilines is 1. The summed E-state index contributed by atoms with van der Waals surface area (Å²) in [5.74, 6) is -0.852. The van der Waals surface area contributed by atoms with Gasteiger partial charge in [-0.25, -0.2) is 9.59 Å². The molecule has 1 aromatic heterocycles. The van der Waals surface area contributed by atoms with Gasteiger partial charge in [0.1, 0.15) is 5.75 Å². The molecule has 1 amide bonds. The summed E-state index contributed by atoms with van der Waals surface area (Å²) in [5.41, 5.74) is 2.22. The second-order valence-corrected chi connectivity index (χ2v) is 6.59. The maximum atomic E-state index is 12.2. The summed E-state index contributed by atoms with van der Waals surface area (Å²) in [7, 11) is 0. The first-order chi connectivity index (χ1) is 13.3. The number of benzene rings is 2. The Morgan fingerprint density at radius 2 is 1.89 bits per heavy atom. The molecule has 0 aliphatic heterocycles. The molecular weight excluding hydrogens is 386 g/mol. The minimum Gasteiger partial charge on any atom is -0.480 e. The van der Waals surface area contributed by atoms with Crippen LogP contribution in [0.2, 0.25) is 5.02 Å². The Kier molecular flexibility index (Phi) is 5.70. The second-order valence-electron chi connectivity index (χ2n) is 6.18. The van der Waals surface area contributed by atoms with Gasteiger partial charge in [-0.15, -0.1) is 0 Å². The first kappa shape index (κ1) is 19.5. The Balaban J connectivity index is 1.54. The van der Waals surface area contributed by atoms with Crippen molar-refractivity contribution >= 4 is 40.2 Å². The van der Waals surface area contributed by atoms with Crippen LogP contribution < -0.4 is 15.7 Å². The van der Waals surface area contributed by atoms with E-state index in [-0.39, 0.29) is 12.3 Å². The summed E-state index contributed by atoms with van der Waals surface area (Å²) in [6, 6.07) is 10.1. The fourth-order valence-corrected chi connectivity index (χ4v) is 2.67. The lowest BCUT2D eigenvalue weighted by atomic mass is 10.2. The number of ether oxygens (including phenoxy) is 2. The molecule has 8 nitrogen and oxygen atoms in total. The lowest BCUT2D eigenvalue weighted by Crippen LogP contribution is -2.31. The normalized spacial score (nSPS) is 11.8. The summed E-state index contributed by atoms with van der Waals surface area (Å²) in [5, 5.41) is 3.00. The van der Waals surface area contributed by atoms with Crippen molar-refractivity contribution in [3.8, 4) is 5.75 Å². The molecule has 3 aromatic rings. The van der Waals surface area contributed by atoms with Gasteiger partial charge in [0, 0.05) is 5.69 Å². The molecule has 0 radical (unpaired) electrons. The van der Waals surface area contributed by atoms with Crippen LogP contribution >= 0.6 is 11.6 Å². The number of amides is 1. The van der Waals surface area contributed by atoms with E-state index in [9.17, 15) is 14.4 Å². The zero-order valence-corrected chi connectivity index (χ0v) is 15.9. The number of nitrogens with one attached hydrogen (secondary N) is 3. The first-order valence-electron chi connectivity index (χ1n) is 8.43. The number of aryl methyl sites for hydroxylation is 1. The van der Waals surface area contributed by atoms with Crippen molar-refractivity contribution in [2.45, 2.75) is 20.0 Å². The number of aromatic amines is 2. The fourth-order valence-electron chi connectivity index (χ4n) is 2.50. The van der Waals surface area contributed by atoms with E-state index in [1.807, 2.05) is 13.0 Å². The average molecular weight is 404 g/mol. The lowest BCUT2D eigenvalue weighted by Gasteiger charge is -2.14. The van der Waals surface area contributed by atoms with Crippen LogP contribution in [0, 0.1) is 6.92 Å². The van der Waals surface area contributed by atoms with Gasteiger partial charge < -0.3 is 24.8 Å². The number of H-pyrrole nitrogens is 2. The molecule has 0 aliphatic rings. The van der Waals surface area contributed by atoms with E-state index in [1.165, 1.54) is 6.92 Å². The van der Waals surface area contributed by atoms with Gasteiger partial charge in [-0.2, -0.15) is 0 Å². The molecule has 0 fully saturated rings. The van der Waals surface area contributed by atoms with Crippen molar-refractivity contribution in [2.75, 3.05) is 11.9 Å². The van der Waals surface area contributed by atoms with Crippen molar-refractivity contribution in [1.29, 1.82) is 0 Å². The quantitative estimate of drug-likeness (QED) is 0.548. The van der Waals surface area contributed by atoms with Gasteiger partial charge >= 0.3 is 11.7 Å². The Labute approximate surface area is 164 Å². The van der Waals surface area contributed by atoms with Gasteiger partial charge in [-0.1, -0.05) is 17.7 Å². The van der Waals surface area contributed by atoms with Crippen LogP contribution in [-0.2, 0) is 14.3 Å². The summed E-state index contributed by atoms with van der Waals surface area (Å²) in [6.07, 6.45) is -1.04. The van der Waals surface area contributed by atoms with E-state index < -0.39 is 18.0 Å². The number of imidazole rings is 1. The topological polar surface area (TPSA) is 113 Å². The van der Waals surface area contributed by atoms with E-state index in [0.717, 1.165) is 5.56 Å². The van der Waals surface area contributed by atoms with Crippen molar-refractivity contribution in [1.82, 2.24) is 9.97 Å². The molecule has 2 aromatic carbocycles. The van der Waals surface area contributed by atoms with Crippen molar-refractivity contribution in [3.05, 3.63) is 57.5 Å². The molecule has 0 aliphatic carbocycles. The van der Waals surface area contributed by atoms with Crippen molar-refractivity contribution in [2.24, 2.45) is 0 Å². The molecule has 1 atom stereocenters. The largest absolute Gasteiger partial charge is 0.480 e. The number of esters is 1. The molecule has 9 heteroatoms. The number of fused-ring (bicyclic) bond motifs is 1. The number of aromatic nitrogens is 2. The van der Waals surface area contributed by atoms with E-state index >= 15 is 0 Å². The molecule has 0 saturated heterocycles. The van der Waals surface area contributed by atoms with Crippen LogP contribution in [-0.4, -0.2) is 34.6 Å². The molecule has 3 N–H and O–H groups in total. The number of hydrogen-bond acceptors (Lipinski definition) is 5. The monoisotopic (exact) mass is 403 g/mol. The number of carbonyl (C=O) groups is 2. The molecule has 0 bridgehead atoms. The van der Waals surface area contributed by atoms with E-state index in [0.29, 0.717) is 27.5 Å². The van der Waals surface area contributed by atoms with Gasteiger partial charge in [-0.3, -0.25) is 4.79 Å². The molecule has 3 rings (SSSR count). The van der Waals surface area contributed by atoms with Gasteiger partial charge in [0.05, 0.1) is 16.1 Å². The Hall–Kier alpha value is -3.26. The van der Waals surface area contributed by atoms with Gasteiger partial charge in [-0.05, 0) is 49.7 Å². The highest BCUT2D eigenvalue weighted by Crippen LogP contribution is 2.25. The maximum absolute atomic E-state index is 12.2. The second kappa shape index (κ2) is 8.18. The third kappa shape index (κ3) is 4.72. The van der Waals surface area contributed by atoms with Crippen LogP contribution in [0.5, 0.6) is 5.75 Å². The minimum absolute atomic E-state index is 0.338. The zero-order valence-electron chi connectivity index (χ0n) is 15.2. The van der Waals surface area contributed by atoms with Crippen molar-refractivity contribution in [3.63, 3.8) is 0 Å². The molecule has 28 heavy (non-hydrogen) atoms. The smallest absolute Gasteiger partial charge is 0.344 e. The minimum atomic E-state index is -1.04. The third-order valence-electron chi connectivity index (χ3n) is 3.89. The Bertz CT molecular complexity index is 1090. The number of halogens is 1. The molecular formula is C19H18ClN3O5. The highest BCUT2D eigenvalue weighted by molar-refractivity contribution is 6.32. The van der Waals surface area contributed by atoms with Gasteiger partial charge in [0.15, 0.2) is 12.7 Å². The zero-order chi connectivity index (χ0) is 20.3. The third-order valence-corrected chi connectivity index (χ3v) is 4.21. The van der Waals surface area contributed by atoms with E-state index in [2.05, 4.69) is 15.3 Å². The SMILES string of the molecule is Cc1ccc(Cl)c(OCC(=O)O[C@H](C)C(=O)Nc2ccc3[nH]c(=O)[nH]c3c2)c1. The lowest BCUT2D eigenvalue weighted by molar-refractivity contribution is -0.155. The molecule has 146 valence electrons. The van der Waals surface area contributed by atoms with Gasteiger partial charge in [0.2, 0.25) is 0 Å². The van der Waals surface area contributed by atoms with Crippen LogP contribution in [0.3, 0.4) is 0 Å². The van der Waals surface area contributed by atoms with E-state index in [1.54, 1.807) is 30.3 Å². The number of carbonyl (C=O) groups excluding carboxylic acids is 2. The first-order valence-corrected chi connectivity index (χ1v) is 8.81. The maximum Gasteiger partial charge on any atom is 0.344 e. The van der Waals surface area contributed by atoms with Gasteiger partial charge in [0.25, 0.3) is 5.91 Å². The number of rotatable bonds is 6. The van der Waals surface area contributed by atoms with Crippen LogP contribution in [0.4, 0.5) is 5.69 Å².